The van der Waals surface area contributed by atoms with Crippen LogP contribution in [0.1, 0.15) is 42.6 Å². The lowest BCUT2D eigenvalue weighted by Crippen LogP contribution is -2.45. The number of halogens is 4. The van der Waals surface area contributed by atoms with Gasteiger partial charge in [0.2, 0.25) is 11.9 Å². The number of likely N-dealkylation sites (N-methyl/N-ethyl adjacent to an activating group) is 1. The van der Waals surface area contributed by atoms with Crippen molar-refractivity contribution in [3.05, 3.63) is 64.7 Å². The summed E-state index contributed by atoms with van der Waals surface area (Å²) in [6.45, 7) is 2.41. The molecule has 3 aromatic rings. The fraction of sp³-hybridized carbons (Fsp3) is 0.379. The zero-order chi connectivity index (χ0) is 32.8. The number of hydrogen-bond acceptors (Lipinski definition) is 9. The summed E-state index contributed by atoms with van der Waals surface area (Å²) in [5, 5.41) is 14.2. The molecule has 1 fully saturated rings. The van der Waals surface area contributed by atoms with Crippen LogP contribution in [0.2, 0.25) is 5.02 Å². The minimum absolute atomic E-state index is 0.0160. The van der Waals surface area contributed by atoms with E-state index in [1.54, 1.807) is 36.4 Å². The molecule has 0 saturated heterocycles. The maximum Gasteiger partial charge on any atom is 0.422 e. The average Bonchev–Trinajstić information content (AvgIpc) is 3.77. The van der Waals surface area contributed by atoms with E-state index in [0.717, 1.165) is 18.4 Å². The van der Waals surface area contributed by atoms with E-state index in [9.17, 15) is 27.6 Å². The number of anilines is 3. The molecule has 0 radical (unpaired) electrons. The van der Waals surface area contributed by atoms with Crippen LogP contribution in [0.5, 0.6) is 6.01 Å². The number of rotatable bonds is 12. The lowest BCUT2D eigenvalue weighted by molar-refractivity contribution is -0.154. The maximum absolute atomic E-state index is 12.9. The normalized spacial score (nSPS) is 13.8. The third-order valence-corrected chi connectivity index (χ3v) is 7.02. The number of aromatic nitrogens is 3. The highest BCUT2D eigenvalue weighted by Crippen LogP contribution is 2.48. The molecule has 4 rings (SSSR count). The summed E-state index contributed by atoms with van der Waals surface area (Å²) >= 11 is 6.01. The van der Waals surface area contributed by atoms with Gasteiger partial charge < -0.3 is 31.3 Å². The van der Waals surface area contributed by atoms with Gasteiger partial charge in [-0.15, -0.1) is 0 Å². The molecule has 1 aromatic heterocycles. The van der Waals surface area contributed by atoms with Crippen molar-refractivity contribution in [1.29, 1.82) is 0 Å². The second kappa shape index (κ2) is 13.5. The molecule has 12 nitrogen and oxygen atoms in total. The second-order valence-electron chi connectivity index (χ2n) is 11.2. The molecule has 16 heteroatoms. The van der Waals surface area contributed by atoms with Gasteiger partial charge in [0.25, 0.3) is 5.91 Å². The Bertz CT molecular complexity index is 1530. The standard InChI is InChI=1S/C29H32ClF3N8O4/c1-27(2,15-36-23(44)22(43)34-3)14-35-21(42)17-4-10-20(11-5-17)37-24-38-25(40-26(39-24)45-16-29(31,32)33)41-28(12-13-28)18-6-8-19(30)9-7-18/h4-11H,12-16H2,1-3H3,(H,34,43)(H,35,42)(H,36,44)(H2,37,38,39,40,41). The zero-order valence-corrected chi connectivity index (χ0v) is 25.4. The fourth-order valence-electron chi connectivity index (χ4n) is 4.10. The Morgan fingerprint density at radius 2 is 1.51 bits per heavy atom. The van der Waals surface area contributed by atoms with Gasteiger partial charge >= 0.3 is 24.0 Å². The SMILES string of the molecule is CNC(=O)C(=O)NCC(C)(C)CNC(=O)c1ccc(Nc2nc(NC3(c4ccc(Cl)cc4)CC3)nc(OCC(F)(F)F)n2)cc1. The Kier molecular flexibility index (Phi) is 10.0. The first-order valence-electron chi connectivity index (χ1n) is 13.8. The van der Waals surface area contributed by atoms with Gasteiger partial charge in [-0.2, -0.15) is 28.1 Å². The van der Waals surface area contributed by atoms with E-state index in [1.165, 1.54) is 7.05 Å². The molecule has 0 unspecified atom stereocenters. The fourth-order valence-corrected chi connectivity index (χ4v) is 4.23. The molecule has 0 spiro atoms. The van der Waals surface area contributed by atoms with Crippen molar-refractivity contribution in [2.75, 3.05) is 37.4 Å². The number of carbonyl (C=O) groups excluding carboxylic acids is 3. The maximum atomic E-state index is 12.9. The van der Waals surface area contributed by atoms with Gasteiger partial charge in [-0.1, -0.05) is 37.6 Å². The monoisotopic (exact) mass is 648 g/mol. The van der Waals surface area contributed by atoms with Crippen LogP contribution in [-0.2, 0) is 15.1 Å². The van der Waals surface area contributed by atoms with Crippen molar-refractivity contribution in [3.8, 4) is 6.01 Å². The Hall–Kier alpha value is -4.66. The molecule has 1 aliphatic rings. The highest BCUT2D eigenvalue weighted by molar-refractivity contribution is 6.35. The summed E-state index contributed by atoms with van der Waals surface area (Å²) in [5.41, 5.74) is 0.636. The molecule has 45 heavy (non-hydrogen) atoms. The number of nitrogens with zero attached hydrogens (tertiary/aromatic N) is 3. The van der Waals surface area contributed by atoms with E-state index in [1.807, 2.05) is 26.0 Å². The van der Waals surface area contributed by atoms with Crippen molar-refractivity contribution in [2.24, 2.45) is 5.41 Å². The molecule has 0 atom stereocenters. The number of carbonyl (C=O) groups is 3. The predicted octanol–water partition coefficient (Wildman–Crippen LogP) is 3.93. The minimum atomic E-state index is -4.60. The summed E-state index contributed by atoms with van der Waals surface area (Å²) in [5.74, 6) is -1.97. The van der Waals surface area contributed by atoms with E-state index >= 15 is 0 Å². The molecule has 240 valence electrons. The molecular formula is C29H32ClF3N8O4. The molecule has 1 saturated carbocycles. The highest BCUT2D eigenvalue weighted by Gasteiger charge is 2.45. The minimum Gasteiger partial charge on any atom is -0.454 e. The molecule has 5 N–H and O–H groups in total. The first-order valence-corrected chi connectivity index (χ1v) is 14.2. The summed E-state index contributed by atoms with van der Waals surface area (Å²) in [6, 6.07) is 12.9. The van der Waals surface area contributed by atoms with Gasteiger partial charge in [0.05, 0.1) is 5.54 Å². The van der Waals surface area contributed by atoms with Crippen LogP contribution in [-0.4, -0.2) is 65.6 Å². The molecule has 1 aliphatic carbocycles. The predicted molar refractivity (Wildman–Crippen MR) is 160 cm³/mol. The molecule has 0 bridgehead atoms. The molecular weight excluding hydrogens is 617 g/mol. The zero-order valence-electron chi connectivity index (χ0n) is 24.6. The Balaban J connectivity index is 1.42. The van der Waals surface area contributed by atoms with E-state index in [-0.39, 0.29) is 30.9 Å². The topological polar surface area (TPSA) is 159 Å². The van der Waals surface area contributed by atoms with E-state index < -0.39 is 41.6 Å². The van der Waals surface area contributed by atoms with Gasteiger partial charge in [0.1, 0.15) is 0 Å². The Labute approximate surface area is 261 Å². The number of nitrogens with one attached hydrogen (secondary N) is 5. The van der Waals surface area contributed by atoms with Crippen LogP contribution in [0.15, 0.2) is 48.5 Å². The van der Waals surface area contributed by atoms with Gasteiger partial charge in [-0.05, 0) is 60.2 Å². The molecule has 2 aromatic carbocycles. The Morgan fingerprint density at radius 3 is 2.11 bits per heavy atom. The van der Waals surface area contributed by atoms with Crippen LogP contribution < -0.4 is 31.3 Å². The van der Waals surface area contributed by atoms with Gasteiger partial charge in [0, 0.05) is 36.4 Å². The number of alkyl halides is 3. The average molecular weight is 649 g/mol. The first kappa shape index (κ1) is 33.2. The van der Waals surface area contributed by atoms with Gasteiger partial charge in [0.15, 0.2) is 6.61 Å². The van der Waals surface area contributed by atoms with Crippen molar-refractivity contribution in [1.82, 2.24) is 30.9 Å². The largest absolute Gasteiger partial charge is 0.454 e. The first-order chi connectivity index (χ1) is 21.2. The summed E-state index contributed by atoms with van der Waals surface area (Å²) in [7, 11) is 1.35. The van der Waals surface area contributed by atoms with Crippen LogP contribution in [0.4, 0.5) is 30.8 Å². The van der Waals surface area contributed by atoms with Crippen LogP contribution in [0, 0.1) is 5.41 Å². The van der Waals surface area contributed by atoms with E-state index in [4.69, 9.17) is 16.3 Å². The lowest BCUT2D eigenvalue weighted by Gasteiger charge is -2.25. The number of hydrogen-bond donors (Lipinski definition) is 5. The lowest BCUT2D eigenvalue weighted by atomic mass is 9.93. The molecule has 0 aliphatic heterocycles. The number of amides is 3. The van der Waals surface area contributed by atoms with Gasteiger partial charge in [-0.25, -0.2) is 0 Å². The third-order valence-electron chi connectivity index (χ3n) is 6.77. The summed E-state index contributed by atoms with van der Waals surface area (Å²) in [4.78, 5) is 48.2. The van der Waals surface area contributed by atoms with Crippen molar-refractivity contribution >= 4 is 46.9 Å². The molecule has 3 amide bonds. The van der Waals surface area contributed by atoms with Crippen LogP contribution in [0.25, 0.3) is 0 Å². The summed E-state index contributed by atoms with van der Waals surface area (Å²) in [6.07, 6.45) is -3.11. The van der Waals surface area contributed by atoms with Crippen LogP contribution >= 0.6 is 11.6 Å². The van der Waals surface area contributed by atoms with Gasteiger partial charge in [-0.3, -0.25) is 14.4 Å². The van der Waals surface area contributed by atoms with Crippen molar-refractivity contribution in [3.63, 3.8) is 0 Å². The summed E-state index contributed by atoms with van der Waals surface area (Å²) < 4.78 is 43.4. The Morgan fingerprint density at radius 1 is 0.889 bits per heavy atom. The number of benzene rings is 2. The van der Waals surface area contributed by atoms with Crippen molar-refractivity contribution < 1.29 is 32.3 Å². The van der Waals surface area contributed by atoms with Crippen LogP contribution in [0.3, 0.4) is 0 Å². The third kappa shape index (κ3) is 9.66. The number of ether oxygens (including phenoxy) is 1. The van der Waals surface area contributed by atoms with Crippen molar-refractivity contribution in [2.45, 2.75) is 38.4 Å². The highest BCUT2D eigenvalue weighted by atomic mass is 35.5. The second-order valence-corrected chi connectivity index (χ2v) is 11.6. The smallest absolute Gasteiger partial charge is 0.422 e. The quantitative estimate of drug-likeness (QED) is 0.183. The molecule has 1 heterocycles. The van der Waals surface area contributed by atoms with E-state index in [0.29, 0.717) is 16.3 Å². The van der Waals surface area contributed by atoms with E-state index in [2.05, 4.69) is 41.5 Å².